The summed E-state index contributed by atoms with van der Waals surface area (Å²) in [5.74, 6) is -4.37. The highest BCUT2D eigenvalue weighted by Crippen LogP contribution is 2.31. The van der Waals surface area contributed by atoms with E-state index in [9.17, 15) is 18.4 Å². The quantitative estimate of drug-likeness (QED) is 0.586. The highest BCUT2D eigenvalue weighted by molar-refractivity contribution is 6.43. The zero-order valence-electron chi connectivity index (χ0n) is 13.9. The second-order valence-corrected chi connectivity index (χ2v) is 6.55. The smallest absolute Gasteiger partial charge is 0.334 e. The number of carbonyl (C=O) groups excluding carboxylic acids is 2. The van der Waals surface area contributed by atoms with Gasteiger partial charge in [0.1, 0.15) is 28.3 Å². The lowest BCUT2D eigenvalue weighted by atomic mass is 10.0. The van der Waals surface area contributed by atoms with Crippen molar-refractivity contribution in [2.75, 3.05) is 0 Å². The van der Waals surface area contributed by atoms with Crippen LogP contribution < -0.4 is 10.1 Å². The van der Waals surface area contributed by atoms with Gasteiger partial charge in [-0.1, -0.05) is 49.2 Å². The lowest BCUT2D eigenvalue weighted by Crippen LogP contribution is -2.46. The predicted molar refractivity (Wildman–Crippen MR) is 94.5 cm³/mol. The molecule has 0 unspecified atom stereocenters. The van der Waals surface area contributed by atoms with Crippen LogP contribution in [0, 0.1) is 17.6 Å². The molecule has 0 spiro atoms. The minimum Gasteiger partial charge on any atom is -0.423 e. The van der Waals surface area contributed by atoms with Crippen LogP contribution in [0.2, 0.25) is 10.0 Å². The van der Waals surface area contributed by atoms with Crippen molar-refractivity contribution in [3.05, 3.63) is 63.6 Å². The molecule has 0 aliphatic heterocycles. The Morgan fingerprint density at radius 2 is 1.62 bits per heavy atom. The molecule has 0 saturated heterocycles. The summed E-state index contributed by atoms with van der Waals surface area (Å²) < 4.78 is 32.7. The maximum absolute atomic E-state index is 13.7. The van der Waals surface area contributed by atoms with Gasteiger partial charge in [-0.15, -0.1) is 0 Å². The Hall–Kier alpha value is -2.18. The van der Waals surface area contributed by atoms with Gasteiger partial charge in [0.25, 0.3) is 5.91 Å². The molecule has 0 saturated carbocycles. The number of rotatable bonds is 5. The molecule has 0 aliphatic carbocycles. The SMILES string of the molecule is CC(C)[C@H](NC(=O)c1c(F)cccc1F)C(=O)Oc1cccc(Cl)c1Cl. The summed E-state index contributed by atoms with van der Waals surface area (Å²) in [4.78, 5) is 24.7. The number of hydrogen-bond acceptors (Lipinski definition) is 3. The topological polar surface area (TPSA) is 55.4 Å². The van der Waals surface area contributed by atoms with E-state index in [2.05, 4.69) is 5.32 Å². The zero-order chi connectivity index (χ0) is 19.4. The molecule has 2 rings (SSSR count). The number of esters is 1. The Kier molecular flexibility index (Phi) is 6.56. The molecule has 26 heavy (non-hydrogen) atoms. The first-order chi connectivity index (χ1) is 12.2. The van der Waals surface area contributed by atoms with E-state index in [0.29, 0.717) is 0 Å². The number of halogens is 4. The summed E-state index contributed by atoms with van der Waals surface area (Å²) >= 11 is 11.8. The largest absolute Gasteiger partial charge is 0.423 e. The minimum atomic E-state index is -1.16. The van der Waals surface area contributed by atoms with E-state index in [0.717, 1.165) is 18.2 Å². The standard InChI is InChI=1S/C18H15Cl2F2NO3/c1-9(2)16(18(25)26-13-8-3-5-10(19)15(13)20)23-17(24)14-11(21)6-4-7-12(14)22/h3-9,16H,1-2H3,(H,23,24)/t16-/m0/s1. The van der Waals surface area contributed by atoms with Crippen molar-refractivity contribution >= 4 is 35.1 Å². The monoisotopic (exact) mass is 401 g/mol. The summed E-state index contributed by atoms with van der Waals surface area (Å²) in [6.07, 6.45) is 0. The number of amides is 1. The molecule has 2 aromatic rings. The first-order valence-corrected chi connectivity index (χ1v) is 8.38. The maximum Gasteiger partial charge on any atom is 0.334 e. The molecule has 8 heteroatoms. The minimum absolute atomic E-state index is 0.0149. The Morgan fingerprint density at radius 3 is 2.19 bits per heavy atom. The fourth-order valence-corrected chi connectivity index (χ4v) is 2.49. The van der Waals surface area contributed by atoms with Gasteiger partial charge >= 0.3 is 5.97 Å². The third-order valence-corrected chi connectivity index (χ3v) is 4.33. The van der Waals surface area contributed by atoms with Crippen LogP contribution in [0.4, 0.5) is 8.78 Å². The number of nitrogens with one attached hydrogen (secondary N) is 1. The van der Waals surface area contributed by atoms with Crippen molar-refractivity contribution < 1.29 is 23.1 Å². The van der Waals surface area contributed by atoms with Gasteiger partial charge in [0.15, 0.2) is 5.75 Å². The molecule has 1 N–H and O–H groups in total. The van der Waals surface area contributed by atoms with Crippen LogP contribution in [-0.2, 0) is 4.79 Å². The lowest BCUT2D eigenvalue weighted by molar-refractivity contribution is -0.137. The number of hydrogen-bond donors (Lipinski definition) is 1. The van der Waals surface area contributed by atoms with E-state index >= 15 is 0 Å². The van der Waals surface area contributed by atoms with E-state index in [1.165, 1.54) is 18.2 Å². The second kappa shape index (κ2) is 8.47. The van der Waals surface area contributed by atoms with E-state index in [4.69, 9.17) is 27.9 Å². The van der Waals surface area contributed by atoms with Crippen LogP contribution in [-0.4, -0.2) is 17.9 Å². The van der Waals surface area contributed by atoms with Gasteiger partial charge < -0.3 is 10.1 Å². The number of ether oxygens (including phenoxy) is 1. The molecule has 4 nitrogen and oxygen atoms in total. The number of carbonyl (C=O) groups is 2. The predicted octanol–water partition coefficient (Wildman–Crippen LogP) is 4.63. The van der Waals surface area contributed by atoms with E-state index in [-0.39, 0.29) is 15.8 Å². The van der Waals surface area contributed by atoms with Crippen molar-refractivity contribution in [1.29, 1.82) is 0 Å². The van der Waals surface area contributed by atoms with Gasteiger partial charge in [-0.3, -0.25) is 4.79 Å². The molecule has 0 aliphatic rings. The van der Waals surface area contributed by atoms with Crippen LogP contribution in [0.25, 0.3) is 0 Å². The highest BCUT2D eigenvalue weighted by atomic mass is 35.5. The first-order valence-electron chi connectivity index (χ1n) is 7.63. The second-order valence-electron chi connectivity index (χ2n) is 5.76. The summed E-state index contributed by atoms with van der Waals surface area (Å²) in [7, 11) is 0. The summed E-state index contributed by atoms with van der Waals surface area (Å²) in [5, 5.41) is 2.53. The Labute approximate surface area is 159 Å². The Balaban J connectivity index is 2.22. The third-order valence-electron chi connectivity index (χ3n) is 3.52. The molecular weight excluding hydrogens is 387 g/mol. The molecule has 0 heterocycles. The highest BCUT2D eigenvalue weighted by Gasteiger charge is 2.29. The molecule has 0 radical (unpaired) electrons. The fourth-order valence-electron chi connectivity index (χ4n) is 2.16. The molecular formula is C18H15Cl2F2NO3. The fraction of sp³-hybridized carbons (Fsp3) is 0.222. The van der Waals surface area contributed by atoms with Gasteiger partial charge in [-0.2, -0.15) is 0 Å². The van der Waals surface area contributed by atoms with Crippen LogP contribution in [0.3, 0.4) is 0 Å². The Bertz CT molecular complexity index is 823. The molecule has 138 valence electrons. The third kappa shape index (κ3) is 4.51. The summed E-state index contributed by atoms with van der Waals surface area (Å²) in [6, 6.07) is 6.37. The van der Waals surface area contributed by atoms with Crippen molar-refractivity contribution in [1.82, 2.24) is 5.32 Å². The number of benzene rings is 2. The lowest BCUT2D eigenvalue weighted by Gasteiger charge is -2.21. The molecule has 2 aromatic carbocycles. The zero-order valence-corrected chi connectivity index (χ0v) is 15.4. The van der Waals surface area contributed by atoms with Crippen molar-refractivity contribution in [3.8, 4) is 5.75 Å². The average molecular weight is 402 g/mol. The molecule has 1 amide bonds. The summed E-state index contributed by atoms with van der Waals surface area (Å²) in [5.41, 5.74) is -0.772. The normalized spacial score (nSPS) is 12.0. The molecule has 1 atom stereocenters. The van der Waals surface area contributed by atoms with E-state index < -0.39 is 41.0 Å². The van der Waals surface area contributed by atoms with E-state index in [1.807, 2.05) is 0 Å². The molecule has 0 fully saturated rings. The van der Waals surface area contributed by atoms with Crippen LogP contribution in [0.1, 0.15) is 24.2 Å². The Morgan fingerprint density at radius 1 is 1.04 bits per heavy atom. The van der Waals surface area contributed by atoms with Gasteiger partial charge in [0.2, 0.25) is 0 Å². The van der Waals surface area contributed by atoms with Crippen LogP contribution in [0.5, 0.6) is 5.75 Å². The van der Waals surface area contributed by atoms with Crippen molar-refractivity contribution in [2.24, 2.45) is 5.92 Å². The van der Waals surface area contributed by atoms with Crippen LogP contribution >= 0.6 is 23.2 Å². The van der Waals surface area contributed by atoms with Gasteiger partial charge in [0, 0.05) is 0 Å². The van der Waals surface area contributed by atoms with Gasteiger partial charge in [-0.05, 0) is 30.2 Å². The first kappa shape index (κ1) is 20.1. The maximum atomic E-state index is 13.7. The van der Waals surface area contributed by atoms with E-state index in [1.54, 1.807) is 13.8 Å². The average Bonchev–Trinajstić information content (AvgIpc) is 2.56. The van der Waals surface area contributed by atoms with Crippen LogP contribution in [0.15, 0.2) is 36.4 Å². The summed E-state index contributed by atoms with van der Waals surface area (Å²) in [6.45, 7) is 3.28. The van der Waals surface area contributed by atoms with Gasteiger partial charge in [0.05, 0.1) is 5.02 Å². The molecule has 0 aromatic heterocycles. The molecule has 0 bridgehead atoms. The van der Waals surface area contributed by atoms with Crippen molar-refractivity contribution in [3.63, 3.8) is 0 Å². The van der Waals surface area contributed by atoms with Crippen molar-refractivity contribution in [2.45, 2.75) is 19.9 Å². The van der Waals surface area contributed by atoms with Gasteiger partial charge in [-0.25, -0.2) is 13.6 Å².